The van der Waals surface area contributed by atoms with Gasteiger partial charge in [0.05, 0.1) is 6.54 Å². The standard InChI is InChI=1S/C21H28N4O2/c1-15(2)20-23-22-19(27-20)14-24-10-7-17(8-11-24)21(26)25-12-9-16-5-3-4-6-18(16)13-25/h3-6,15,17H,7-14H2,1-2H3. The van der Waals surface area contributed by atoms with E-state index >= 15 is 0 Å². The van der Waals surface area contributed by atoms with E-state index in [4.69, 9.17) is 4.42 Å². The summed E-state index contributed by atoms with van der Waals surface area (Å²) in [4.78, 5) is 17.3. The van der Waals surface area contributed by atoms with Crippen molar-refractivity contribution in [1.29, 1.82) is 0 Å². The number of hydrogen-bond donors (Lipinski definition) is 0. The Kier molecular flexibility index (Phi) is 5.25. The summed E-state index contributed by atoms with van der Waals surface area (Å²) in [6.07, 6.45) is 2.78. The molecule has 2 aromatic rings. The average molecular weight is 368 g/mol. The highest BCUT2D eigenvalue weighted by atomic mass is 16.4. The zero-order chi connectivity index (χ0) is 18.8. The van der Waals surface area contributed by atoms with E-state index in [2.05, 4.69) is 44.3 Å². The summed E-state index contributed by atoms with van der Waals surface area (Å²) in [7, 11) is 0. The number of piperidine rings is 1. The molecule has 1 aromatic carbocycles. The van der Waals surface area contributed by atoms with Crippen LogP contribution in [0.25, 0.3) is 0 Å². The van der Waals surface area contributed by atoms with Gasteiger partial charge in [-0.05, 0) is 43.5 Å². The van der Waals surface area contributed by atoms with Crippen molar-refractivity contribution in [2.24, 2.45) is 5.92 Å². The highest BCUT2D eigenvalue weighted by molar-refractivity contribution is 5.79. The molecule has 6 heteroatoms. The fourth-order valence-corrected chi connectivity index (χ4v) is 4.04. The van der Waals surface area contributed by atoms with Gasteiger partial charge in [-0.1, -0.05) is 38.1 Å². The van der Waals surface area contributed by atoms with E-state index in [9.17, 15) is 4.79 Å². The summed E-state index contributed by atoms with van der Waals surface area (Å²) >= 11 is 0. The molecule has 4 rings (SSSR count). The average Bonchev–Trinajstić information content (AvgIpc) is 3.16. The molecule has 1 saturated heterocycles. The third-order valence-corrected chi connectivity index (χ3v) is 5.71. The van der Waals surface area contributed by atoms with Crippen LogP contribution < -0.4 is 0 Å². The van der Waals surface area contributed by atoms with E-state index < -0.39 is 0 Å². The van der Waals surface area contributed by atoms with Gasteiger partial charge in [-0.3, -0.25) is 9.69 Å². The molecule has 1 fully saturated rings. The Morgan fingerprint density at radius 1 is 1.15 bits per heavy atom. The predicted molar refractivity (Wildman–Crippen MR) is 102 cm³/mol. The zero-order valence-corrected chi connectivity index (χ0v) is 16.2. The molecule has 2 aliphatic heterocycles. The fourth-order valence-electron chi connectivity index (χ4n) is 4.04. The topological polar surface area (TPSA) is 62.5 Å². The third-order valence-electron chi connectivity index (χ3n) is 5.71. The van der Waals surface area contributed by atoms with Gasteiger partial charge in [0.15, 0.2) is 0 Å². The minimum atomic E-state index is 0.139. The van der Waals surface area contributed by atoms with Gasteiger partial charge >= 0.3 is 0 Å². The highest BCUT2D eigenvalue weighted by Crippen LogP contribution is 2.25. The summed E-state index contributed by atoms with van der Waals surface area (Å²) in [5, 5.41) is 8.25. The Bertz CT molecular complexity index is 793. The molecule has 2 aliphatic rings. The Balaban J connectivity index is 1.29. The minimum Gasteiger partial charge on any atom is -0.424 e. The second-order valence-electron chi connectivity index (χ2n) is 8.02. The largest absolute Gasteiger partial charge is 0.424 e. The molecule has 27 heavy (non-hydrogen) atoms. The molecular weight excluding hydrogens is 340 g/mol. The van der Waals surface area contributed by atoms with Crippen molar-refractivity contribution in [3.05, 3.63) is 47.2 Å². The van der Waals surface area contributed by atoms with Crippen LogP contribution in [-0.4, -0.2) is 45.5 Å². The van der Waals surface area contributed by atoms with E-state index in [1.165, 1.54) is 11.1 Å². The lowest BCUT2D eigenvalue weighted by Crippen LogP contribution is -2.44. The SMILES string of the molecule is CC(C)c1nnc(CN2CCC(C(=O)N3CCc4ccccc4C3)CC2)o1. The maximum Gasteiger partial charge on any atom is 0.230 e. The van der Waals surface area contributed by atoms with E-state index in [0.717, 1.165) is 45.4 Å². The van der Waals surface area contributed by atoms with Crippen LogP contribution in [0.4, 0.5) is 0 Å². The summed E-state index contributed by atoms with van der Waals surface area (Å²) in [5.41, 5.74) is 2.68. The lowest BCUT2D eigenvalue weighted by molar-refractivity contribution is -0.138. The number of nitrogens with zero attached hydrogens (tertiary/aromatic N) is 4. The first-order valence-electron chi connectivity index (χ1n) is 10.0. The van der Waals surface area contributed by atoms with Gasteiger partial charge in [-0.2, -0.15) is 0 Å². The number of fused-ring (bicyclic) bond motifs is 1. The molecule has 6 nitrogen and oxygen atoms in total. The monoisotopic (exact) mass is 368 g/mol. The molecule has 3 heterocycles. The van der Waals surface area contributed by atoms with Gasteiger partial charge < -0.3 is 9.32 Å². The molecule has 144 valence electrons. The van der Waals surface area contributed by atoms with Gasteiger partial charge in [0.25, 0.3) is 0 Å². The summed E-state index contributed by atoms with van der Waals surface area (Å²) in [5.74, 6) is 2.09. The lowest BCUT2D eigenvalue weighted by atomic mass is 9.93. The molecule has 0 bridgehead atoms. The van der Waals surface area contributed by atoms with Crippen molar-refractivity contribution in [3.8, 4) is 0 Å². The molecule has 0 unspecified atom stereocenters. The van der Waals surface area contributed by atoms with Crippen LogP contribution in [0.5, 0.6) is 0 Å². The van der Waals surface area contributed by atoms with Gasteiger partial charge in [-0.25, -0.2) is 0 Å². The van der Waals surface area contributed by atoms with E-state index in [1.54, 1.807) is 0 Å². The third kappa shape index (κ3) is 4.05. The highest BCUT2D eigenvalue weighted by Gasteiger charge is 2.30. The van der Waals surface area contributed by atoms with Crippen molar-refractivity contribution in [3.63, 3.8) is 0 Å². The number of amides is 1. The molecule has 0 N–H and O–H groups in total. The summed E-state index contributed by atoms with van der Waals surface area (Å²) in [6.45, 7) is 8.18. The molecular formula is C21H28N4O2. The Labute approximate surface area is 160 Å². The van der Waals surface area contributed by atoms with Gasteiger partial charge in [-0.15, -0.1) is 10.2 Å². The summed E-state index contributed by atoms with van der Waals surface area (Å²) < 4.78 is 5.71. The molecule has 1 aromatic heterocycles. The number of benzene rings is 1. The Hall–Kier alpha value is -2.21. The second kappa shape index (κ2) is 7.80. The molecule has 0 radical (unpaired) electrons. The van der Waals surface area contributed by atoms with Crippen LogP contribution >= 0.6 is 0 Å². The number of hydrogen-bond acceptors (Lipinski definition) is 5. The molecule has 0 saturated carbocycles. The van der Waals surface area contributed by atoms with E-state index in [1.807, 2.05) is 13.8 Å². The lowest BCUT2D eigenvalue weighted by Gasteiger charge is -2.35. The predicted octanol–water partition coefficient (Wildman–Crippen LogP) is 2.99. The molecule has 0 aliphatic carbocycles. The minimum absolute atomic E-state index is 0.139. The maximum atomic E-state index is 13.0. The first-order valence-corrected chi connectivity index (χ1v) is 10.0. The number of rotatable bonds is 4. The van der Waals surface area contributed by atoms with Crippen LogP contribution in [0, 0.1) is 5.92 Å². The zero-order valence-electron chi connectivity index (χ0n) is 16.2. The van der Waals surface area contributed by atoms with Crippen molar-refractivity contribution >= 4 is 5.91 Å². The fraction of sp³-hybridized carbons (Fsp3) is 0.571. The van der Waals surface area contributed by atoms with Crippen molar-refractivity contribution in [2.75, 3.05) is 19.6 Å². The van der Waals surface area contributed by atoms with E-state index in [-0.39, 0.29) is 11.8 Å². The summed E-state index contributed by atoms with van der Waals surface area (Å²) in [6, 6.07) is 8.47. The Morgan fingerprint density at radius 3 is 2.59 bits per heavy atom. The molecule has 0 atom stereocenters. The van der Waals surface area contributed by atoms with Gasteiger partial charge in [0.1, 0.15) is 0 Å². The molecule has 0 spiro atoms. The number of carbonyl (C=O) groups is 1. The first-order chi connectivity index (χ1) is 13.1. The first kappa shape index (κ1) is 18.2. The molecule has 1 amide bonds. The van der Waals surface area contributed by atoms with Crippen molar-refractivity contribution < 1.29 is 9.21 Å². The van der Waals surface area contributed by atoms with Crippen molar-refractivity contribution in [2.45, 2.75) is 52.1 Å². The number of carbonyl (C=O) groups excluding carboxylic acids is 1. The van der Waals surface area contributed by atoms with Gasteiger partial charge in [0, 0.05) is 24.9 Å². The Morgan fingerprint density at radius 2 is 1.89 bits per heavy atom. The quantitative estimate of drug-likeness (QED) is 0.830. The van der Waals surface area contributed by atoms with Crippen LogP contribution in [0.15, 0.2) is 28.7 Å². The normalized spacial score (nSPS) is 18.7. The number of aromatic nitrogens is 2. The maximum absolute atomic E-state index is 13.0. The van der Waals surface area contributed by atoms with Crippen LogP contribution in [0.2, 0.25) is 0 Å². The number of likely N-dealkylation sites (tertiary alicyclic amines) is 1. The van der Waals surface area contributed by atoms with Gasteiger partial charge in [0.2, 0.25) is 17.7 Å². The van der Waals surface area contributed by atoms with Crippen molar-refractivity contribution in [1.82, 2.24) is 20.0 Å². The van der Waals surface area contributed by atoms with Crippen LogP contribution in [-0.2, 0) is 24.3 Å². The smallest absolute Gasteiger partial charge is 0.230 e. The van der Waals surface area contributed by atoms with Crippen LogP contribution in [0.3, 0.4) is 0 Å². The van der Waals surface area contributed by atoms with E-state index in [0.29, 0.717) is 24.2 Å². The second-order valence-corrected chi connectivity index (χ2v) is 8.02. The van der Waals surface area contributed by atoms with Crippen LogP contribution in [0.1, 0.15) is 55.5 Å².